The van der Waals surface area contributed by atoms with E-state index in [-0.39, 0.29) is 61.5 Å². The number of hydrogen-bond donors (Lipinski definition) is 0. The van der Waals surface area contributed by atoms with E-state index in [0.29, 0.717) is 0 Å². The summed E-state index contributed by atoms with van der Waals surface area (Å²) in [5.74, 6) is 0. The van der Waals surface area contributed by atoms with Crippen LogP contribution in [-0.4, -0.2) is 19.4 Å². The molecule has 0 bridgehead atoms. The van der Waals surface area contributed by atoms with Crippen LogP contribution in [0.25, 0.3) is 4.65 Å². The van der Waals surface area contributed by atoms with Crippen molar-refractivity contribution in [3.8, 4) is 0 Å². The molecule has 0 N–H and O–H groups in total. The van der Waals surface area contributed by atoms with Gasteiger partial charge < -0.3 is 4.65 Å². The molecule has 1 nitrogen and oxygen atoms in total. The van der Waals surface area contributed by atoms with E-state index < -0.39 is 19.4 Å². The van der Waals surface area contributed by atoms with Gasteiger partial charge in [0.1, 0.15) is 0 Å². The summed E-state index contributed by atoms with van der Waals surface area (Å²) >= 11 is 0. The molecule has 0 unspecified atom stereocenters. The Balaban J connectivity index is 0. The van der Waals surface area contributed by atoms with Gasteiger partial charge in [0.25, 0.3) is 0 Å². The fraction of sp³-hybridized carbons (Fsp3) is 0.400. The number of nitrogens with zero attached hydrogens (tertiary/aromatic N) is 1. The molecule has 0 aromatic carbocycles. The molecule has 128 valence electrons. The topological polar surface area (TPSA) is 14.1 Å². The van der Waals surface area contributed by atoms with Gasteiger partial charge in [0.15, 0.2) is 0 Å². The minimum absolute atomic E-state index is 0. The standard InChI is InChI=1S/C20H34NSi2.K/c1-7-13-19(14-8-2,15-9-3)22-21-23-20(16-10-4,17-11-5)18-12-6;/h7-12H,1-6,13-18,22-23H2;/q-1;+1. The summed E-state index contributed by atoms with van der Waals surface area (Å²) in [4.78, 5) is 0. The second kappa shape index (κ2) is 15.7. The van der Waals surface area contributed by atoms with E-state index in [1.165, 1.54) is 0 Å². The van der Waals surface area contributed by atoms with Crippen molar-refractivity contribution in [1.82, 2.24) is 0 Å². The van der Waals surface area contributed by atoms with Crippen LogP contribution in [0.2, 0.25) is 10.1 Å². The summed E-state index contributed by atoms with van der Waals surface area (Å²) in [6.45, 7) is 23.6. The molecule has 0 radical (unpaired) electrons. The second-order valence-electron chi connectivity index (χ2n) is 6.50. The van der Waals surface area contributed by atoms with Crippen LogP contribution in [0.15, 0.2) is 75.9 Å². The zero-order chi connectivity index (χ0) is 17.6. The van der Waals surface area contributed by atoms with Gasteiger partial charge in [-0.2, -0.15) is 0 Å². The smallest absolute Gasteiger partial charge is 0.676 e. The van der Waals surface area contributed by atoms with Crippen LogP contribution in [0.4, 0.5) is 0 Å². The van der Waals surface area contributed by atoms with Crippen LogP contribution in [0.3, 0.4) is 0 Å². The monoisotopic (exact) mass is 383 g/mol. The van der Waals surface area contributed by atoms with Gasteiger partial charge in [-0.05, 0) is 48.6 Å². The second-order valence-corrected chi connectivity index (χ2v) is 11.9. The van der Waals surface area contributed by atoms with Crippen molar-refractivity contribution in [2.45, 2.75) is 48.6 Å². The Morgan fingerprint density at radius 3 is 0.917 bits per heavy atom. The van der Waals surface area contributed by atoms with Gasteiger partial charge in [0, 0.05) is 0 Å². The van der Waals surface area contributed by atoms with E-state index >= 15 is 0 Å². The van der Waals surface area contributed by atoms with Gasteiger partial charge in [-0.3, -0.25) is 0 Å². The Morgan fingerprint density at radius 2 is 0.750 bits per heavy atom. The Hall–Kier alpha value is 0.470. The molecule has 0 spiro atoms. The molecule has 0 aliphatic carbocycles. The number of allylic oxidation sites excluding steroid dienone is 6. The van der Waals surface area contributed by atoms with Crippen LogP contribution >= 0.6 is 0 Å². The van der Waals surface area contributed by atoms with Crippen LogP contribution in [0.5, 0.6) is 0 Å². The fourth-order valence-corrected chi connectivity index (χ4v) is 9.50. The maximum Gasteiger partial charge on any atom is 1.00 e. The molecule has 0 saturated carbocycles. The average molecular weight is 384 g/mol. The molecule has 0 amide bonds. The van der Waals surface area contributed by atoms with Crippen LogP contribution in [0, 0.1) is 0 Å². The first-order valence-corrected chi connectivity index (χ1v) is 11.0. The van der Waals surface area contributed by atoms with E-state index in [1.807, 2.05) is 36.5 Å². The fourth-order valence-electron chi connectivity index (χ4n) is 3.25. The first-order valence-electron chi connectivity index (χ1n) is 8.36. The van der Waals surface area contributed by atoms with E-state index in [2.05, 4.69) is 39.5 Å². The molecule has 0 aromatic rings. The molecule has 0 atom stereocenters. The van der Waals surface area contributed by atoms with Gasteiger partial charge in [-0.1, -0.05) is 55.8 Å². The molecule has 0 saturated heterocycles. The summed E-state index contributed by atoms with van der Waals surface area (Å²) in [6, 6.07) is 0. The molecular formula is C20H34KNSi2. The van der Waals surface area contributed by atoms with Crippen molar-refractivity contribution < 1.29 is 51.4 Å². The quantitative estimate of drug-likeness (QED) is 0.287. The molecule has 4 heteroatoms. The SMILES string of the molecule is C=CCC(CC=C)(CC=C)[SiH2][N-][SiH2]C(CC=C)(CC=C)CC=C.[K+]. The summed E-state index contributed by atoms with van der Waals surface area (Å²) in [5.41, 5.74) is 0. The summed E-state index contributed by atoms with van der Waals surface area (Å²) in [7, 11) is -1.15. The summed E-state index contributed by atoms with van der Waals surface area (Å²) in [5, 5.41) is 0.473. The molecule has 0 aromatic heterocycles. The maximum atomic E-state index is 5.22. The third-order valence-corrected chi connectivity index (χ3v) is 9.22. The van der Waals surface area contributed by atoms with Crippen LogP contribution in [0.1, 0.15) is 38.5 Å². The van der Waals surface area contributed by atoms with Crippen molar-refractivity contribution >= 4 is 19.4 Å². The molecular weight excluding hydrogens is 349 g/mol. The minimum Gasteiger partial charge on any atom is -0.676 e. The predicted octanol–water partition coefficient (Wildman–Crippen LogP) is 2.31. The molecule has 0 rings (SSSR count). The number of rotatable bonds is 16. The van der Waals surface area contributed by atoms with Crippen LogP contribution < -0.4 is 51.4 Å². The van der Waals surface area contributed by atoms with Gasteiger partial charge in [0.2, 0.25) is 0 Å². The molecule has 0 aliphatic rings. The summed E-state index contributed by atoms with van der Waals surface area (Å²) in [6.07, 6.45) is 18.2. The predicted molar refractivity (Wildman–Crippen MR) is 115 cm³/mol. The van der Waals surface area contributed by atoms with Gasteiger partial charge in [-0.25, -0.2) is 0 Å². The molecule has 0 aliphatic heterocycles. The van der Waals surface area contributed by atoms with E-state index in [0.717, 1.165) is 38.5 Å². The Bertz CT molecular complexity index is 327. The van der Waals surface area contributed by atoms with Crippen LogP contribution in [-0.2, 0) is 0 Å². The van der Waals surface area contributed by atoms with Crippen molar-refractivity contribution in [1.29, 1.82) is 0 Å². The van der Waals surface area contributed by atoms with E-state index in [4.69, 9.17) is 4.65 Å². The summed E-state index contributed by atoms with van der Waals surface area (Å²) < 4.78 is 5.22. The Morgan fingerprint density at radius 1 is 0.542 bits per heavy atom. The molecule has 0 fully saturated rings. The van der Waals surface area contributed by atoms with Crippen molar-refractivity contribution in [2.75, 3.05) is 0 Å². The average Bonchev–Trinajstić information content (AvgIpc) is 2.49. The van der Waals surface area contributed by atoms with E-state index in [9.17, 15) is 0 Å². The third-order valence-electron chi connectivity index (χ3n) is 4.36. The van der Waals surface area contributed by atoms with Crippen molar-refractivity contribution in [3.05, 3.63) is 80.6 Å². The van der Waals surface area contributed by atoms with Gasteiger partial charge in [0.05, 0.1) is 0 Å². The van der Waals surface area contributed by atoms with Gasteiger partial charge >= 0.3 is 51.4 Å². The van der Waals surface area contributed by atoms with Crippen molar-refractivity contribution in [3.63, 3.8) is 0 Å². The zero-order valence-corrected chi connectivity index (χ0v) is 21.8. The minimum atomic E-state index is -0.575. The third kappa shape index (κ3) is 9.82. The largest absolute Gasteiger partial charge is 1.00 e. The molecule has 0 heterocycles. The Labute approximate surface area is 197 Å². The van der Waals surface area contributed by atoms with Crippen molar-refractivity contribution in [2.24, 2.45) is 0 Å². The first-order chi connectivity index (χ1) is 11.1. The van der Waals surface area contributed by atoms with E-state index in [1.54, 1.807) is 0 Å². The van der Waals surface area contributed by atoms with Gasteiger partial charge in [-0.15, -0.1) is 39.5 Å². The maximum absolute atomic E-state index is 5.22. The normalized spacial score (nSPS) is 12.0. The zero-order valence-electron chi connectivity index (χ0n) is 15.8. The first kappa shape index (κ1) is 26.7. The number of hydrogen-bond acceptors (Lipinski definition) is 0. The molecule has 24 heavy (non-hydrogen) atoms. The Kier molecular flexibility index (Phi) is 17.5.